The van der Waals surface area contributed by atoms with E-state index in [-0.39, 0.29) is 12.1 Å². The van der Waals surface area contributed by atoms with Crippen molar-refractivity contribution in [2.45, 2.75) is 25.9 Å². The van der Waals surface area contributed by atoms with E-state index in [0.717, 1.165) is 37.2 Å². The number of nitrogens with zero attached hydrogens (tertiary/aromatic N) is 1. The first-order valence-corrected chi connectivity index (χ1v) is 11.4. The van der Waals surface area contributed by atoms with Gasteiger partial charge in [0.15, 0.2) is 0 Å². The van der Waals surface area contributed by atoms with Crippen LogP contribution in [0.3, 0.4) is 0 Å². The summed E-state index contributed by atoms with van der Waals surface area (Å²) in [6.07, 6.45) is 1.07. The summed E-state index contributed by atoms with van der Waals surface area (Å²) in [5, 5.41) is 9.67. The maximum Gasteiger partial charge on any atom is 0.315 e. The van der Waals surface area contributed by atoms with E-state index < -0.39 is 0 Å². The van der Waals surface area contributed by atoms with E-state index in [2.05, 4.69) is 39.8 Å². The fourth-order valence-corrected chi connectivity index (χ4v) is 4.63. The second kappa shape index (κ2) is 9.90. The van der Waals surface area contributed by atoms with Crippen LogP contribution in [-0.2, 0) is 6.54 Å². The first-order valence-electron chi connectivity index (χ1n) is 10.7. The molecule has 1 aliphatic heterocycles. The van der Waals surface area contributed by atoms with Crippen molar-refractivity contribution in [2.75, 3.05) is 19.6 Å². The zero-order valence-electron chi connectivity index (χ0n) is 17.6. The summed E-state index contributed by atoms with van der Waals surface area (Å²) in [5.41, 5.74) is 2.28. The molecule has 31 heavy (non-hydrogen) atoms. The van der Waals surface area contributed by atoms with E-state index in [0.29, 0.717) is 22.5 Å². The van der Waals surface area contributed by atoms with Crippen LogP contribution in [0.5, 0.6) is 0 Å². The molecule has 3 aromatic carbocycles. The van der Waals surface area contributed by atoms with Crippen molar-refractivity contribution in [3.05, 3.63) is 81.8 Å². The second-order valence-corrected chi connectivity index (χ2v) is 9.10. The lowest BCUT2D eigenvalue weighted by Gasteiger charge is -2.19. The number of carbonyl (C=O) groups excluding carboxylic acids is 1. The topological polar surface area (TPSA) is 44.4 Å². The number of amides is 2. The molecule has 1 heterocycles. The highest BCUT2D eigenvalue weighted by Crippen LogP contribution is 2.26. The molecule has 3 aromatic rings. The maximum absolute atomic E-state index is 12.5. The SMILES string of the molecule is CC(NC(=O)NCC1CCN(Cc2ccc(Cl)c(Cl)c2)C1)c1cccc2ccccc12. The third-order valence-corrected chi connectivity index (χ3v) is 6.69. The third kappa shape index (κ3) is 5.51. The van der Waals surface area contributed by atoms with Crippen molar-refractivity contribution in [1.82, 2.24) is 15.5 Å². The van der Waals surface area contributed by atoms with E-state index in [1.54, 1.807) is 0 Å². The number of benzene rings is 3. The molecule has 0 bridgehead atoms. The van der Waals surface area contributed by atoms with Gasteiger partial charge < -0.3 is 10.6 Å². The minimum atomic E-state index is -0.122. The Kier molecular flexibility index (Phi) is 7.01. The van der Waals surface area contributed by atoms with E-state index in [9.17, 15) is 4.79 Å². The van der Waals surface area contributed by atoms with Crippen molar-refractivity contribution in [3.63, 3.8) is 0 Å². The highest BCUT2D eigenvalue weighted by atomic mass is 35.5. The first kappa shape index (κ1) is 21.9. The Hall–Kier alpha value is -2.27. The Bertz CT molecular complexity index is 1070. The number of hydrogen-bond acceptors (Lipinski definition) is 2. The lowest BCUT2D eigenvalue weighted by atomic mass is 10.00. The first-order chi connectivity index (χ1) is 15.0. The van der Waals surface area contributed by atoms with Crippen molar-refractivity contribution < 1.29 is 4.79 Å². The van der Waals surface area contributed by atoms with Crippen LogP contribution in [-0.4, -0.2) is 30.6 Å². The number of fused-ring (bicyclic) bond motifs is 1. The molecule has 0 aliphatic carbocycles. The van der Waals surface area contributed by atoms with Gasteiger partial charge in [-0.1, -0.05) is 71.7 Å². The van der Waals surface area contributed by atoms with Gasteiger partial charge in [0.1, 0.15) is 0 Å². The maximum atomic E-state index is 12.5. The van der Waals surface area contributed by atoms with Gasteiger partial charge >= 0.3 is 6.03 Å². The monoisotopic (exact) mass is 455 g/mol. The van der Waals surface area contributed by atoms with Crippen LogP contribution in [0.2, 0.25) is 10.0 Å². The molecule has 162 valence electrons. The van der Waals surface area contributed by atoms with Gasteiger partial charge in [-0.05, 0) is 59.8 Å². The molecule has 0 spiro atoms. The molecule has 2 atom stereocenters. The van der Waals surface area contributed by atoms with Crippen molar-refractivity contribution in [1.29, 1.82) is 0 Å². The van der Waals surface area contributed by atoms with E-state index in [1.807, 2.05) is 43.3 Å². The Balaban J connectivity index is 1.26. The summed E-state index contributed by atoms with van der Waals surface area (Å²) >= 11 is 12.1. The van der Waals surface area contributed by atoms with Crippen molar-refractivity contribution in [2.24, 2.45) is 5.92 Å². The van der Waals surface area contributed by atoms with Crippen LogP contribution < -0.4 is 10.6 Å². The quantitative estimate of drug-likeness (QED) is 0.476. The molecule has 2 amide bonds. The normalized spacial score (nSPS) is 17.6. The summed E-state index contributed by atoms with van der Waals surface area (Å²) in [6.45, 7) is 5.51. The zero-order chi connectivity index (χ0) is 21.8. The minimum Gasteiger partial charge on any atom is -0.338 e. The number of rotatable bonds is 6. The summed E-state index contributed by atoms with van der Waals surface area (Å²) in [4.78, 5) is 14.9. The van der Waals surface area contributed by atoms with Gasteiger partial charge in [-0.25, -0.2) is 4.79 Å². The average Bonchev–Trinajstić information content (AvgIpc) is 3.21. The fourth-order valence-electron chi connectivity index (χ4n) is 4.31. The Morgan fingerprint density at radius 1 is 1.10 bits per heavy atom. The highest BCUT2D eigenvalue weighted by Gasteiger charge is 2.23. The molecule has 4 nitrogen and oxygen atoms in total. The molecule has 1 fully saturated rings. The number of likely N-dealkylation sites (tertiary alicyclic amines) is 1. The molecule has 0 saturated carbocycles. The molecule has 2 N–H and O–H groups in total. The summed E-state index contributed by atoms with van der Waals surface area (Å²) in [6, 6.07) is 20.1. The third-order valence-electron chi connectivity index (χ3n) is 5.95. The Morgan fingerprint density at radius 2 is 1.90 bits per heavy atom. The summed E-state index contributed by atoms with van der Waals surface area (Å²) < 4.78 is 0. The number of nitrogens with one attached hydrogen (secondary N) is 2. The average molecular weight is 456 g/mol. The van der Waals surface area contributed by atoms with Gasteiger partial charge in [0.05, 0.1) is 16.1 Å². The molecule has 1 saturated heterocycles. The molecular formula is C25H27Cl2N3O. The number of hydrogen-bond donors (Lipinski definition) is 2. The predicted octanol–water partition coefficient (Wildman–Crippen LogP) is 6.03. The molecular weight excluding hydrogens is 429 g/mol. The Labute approximate surface area is 193 Å². The van der Waals surface area contributed by atoms with Crippen LogP contribution in [0.4, 0.5) is 4.79 Å². The lowest BCUT2D eigenvalue weighted by Crippen LogP contribution is -2.40. The second-order valence-electron chi connectivity index (χ2n) is 8.28. The predicted molar refractivity (Wildman–Crippen MR) is 129 cm³/mol. The van der Waals surface area contributed by atoms with Crippen molar-refractivity contribution >= 4 is 40.0 Å². The standard InChI is InChI=1S/C25H27Cl2N3O/c1-17(21-8-4-6-20-5-2-3-7-22(20)21)29-25(31)28-14-19-11-12-30(16-19)15-18-9-10-23(26)24(27)13-18/h2-10,13,17,19H,11-12,14-16H2,1H3,(H2,28,29,31). The van der Waals surface area contributed by atoms with Gasteiger partial charge in [-0.2, -0.15) is 0 Å². The van der Waals surface area contributed by atoms with Gasteiger partial charge in [-0.15, -0.1) is 0 Å². The Morgan fingerprint density at radius 3 is 2.74 bits per heavy atom. The van der Waals surface area contributed by atoms with Gasteiger partial charge in [0, 0.05) is 19.6 Å². The van der Waals surface area contributed by atoms with E-state index in [1.165, 1.54) is 10.8 Å². The molecule has 2 unspecified atom stereocenters. The summed E-state index contributed by atoms with van der Waals surface area (Å²) in [7, 11) is 0. The van der Waals surface area contributed by atoms with Crippen LogP contribution in [0, 0.1) is 5.92 Å². The smallest absolute Gasteiger partial charge is 0.315 e. The fraction of sp³-hybridized carbons (Fsp3) is 0.320. The van der Waals surface area contributed by atoms with Gasteiger partial charge in [-0.3, -0.25) is 4.90 Å². The number of halogens is 2. The highest BCUT2D eigenvalue weighted by molar-refractivity contribution is 6.42. The zero-order valence-corrected chi connectivity index (χ0v) is 19.1. The van der Waals surface area contributed by atoms with Crippen molar-refractivity contribution in [3.8, 4) is 0 Å². The van der Waals surface area contributed by atoms with E-state index in [4.69, 9.17) is 23.2 Å². The van der Waals surface area contributed by atoms with Gasteiger partial charge in [0.2, 0.25) is 0 Å². The lowest BCUT2D eigenvalue weighted by molar-refractivity contribution is 0.235. The number of urea groups is 1. The molecule has 6 heteroatoms. The molecule has 0 aromatic heterocycles. The summed E-state index contributed by atoms with van der Waals surface area (Å²) in [5.74, 6) is 0.446. The number of carbonyl (C=O) groups is 1. The largest absolute Gasteiger partial charge is 0.338 e. The van der Waals surface area contributed by atoms with Crippen LogP contribution >= 0.6 is 23.2 Å². The molecule has 0 radical (unpaired) electrons. The molecule has 1 aliphatic rings. The minimum absolute atomic E-state index is 0.0687. The molecule has 4 rings (SSSR count). The van der Waals surface area contributed by atoms with Crippen LogP contribution in [0.25, 0.3) is 10.8 Å². The van der Waals surface area contributed by atoms with E-state index >= 15 is 0 Å². The van der Waals surface area contributed by atoms with Crippen LogP contribution in [0.15, 0.2) is 60.7 Å². The van der Waals surface area contributed by atoms with Gasteiger partial charge in [0.25, 0.3) is 0 Å². The van der Waals surface area contributed by atoms with Crippen LogP contribution in [0.1, 0.15) is 30.5 Å².